The number of anilines is 1. The van der Waals surface area contributed by atoms with E-state index in [4.69, 9.17) is 23.2 Å². The lowest BCUT2D eigenvalue weighted by Gasteiger charge is -2.12. The molecule has 0 saturated carbocycles. The predicted octanol–water partition coefficient (Wildman–Crippen LogP) is 3.62. The number of aromatic nitrogens is 2. The van der Waals surface area contributed by atoms with E-state index < -0.39 is 26.6 Å². The zero-order valence-electron chi connectivity index (χ0n) is 9.74. The number of nitrogens with one attached hydrogen (secondary N) is 1. The van der Waals surface area contributed by atoms with Crippen molar-refractivity contribution in [3.05, 3.63) is 44.9 Å². The zero-order valence-corrected chi connectivity index (χ0v) is 13.7. The number of hydrogen-bond donors (Lipinski definition) is 1. The van der Waals surface area contributed by atoms with E-state index in [-0.39, 0.29) is 20.5 Å². The van der Waals surface area contributed by atoms with Crippen LogP contribution in [0.15, 0.2) is 27.8 Å². The number of nitrogens with zero attached hydrogens (tertiary/aromatic N) is 2. The Morgan fingerprint density at radius 1 is 1.14 bits per heavy atom. The van der Waals surface area contributed by atoms with Crippen molar-refractivity contribution in [1.82, 2.24) is 9.97 Å². The van der Waals surface area contributed by atoms with Crippen LogP contribution < -0.4 is 4.72 Å². The molecule has 11 heteroatoms. The lowest BCUT2D eigenvalue weighted by Crippen LogP contribution is -2.16. The Balaban J connectivity index is 2.54. The van der Waals surface area contributed by atoms with E-state index >= 15 is 0 Å². The van der Waals surface area contributed by atoms with E-state index in [1.807, 2.05) is 4.72 Å². The highest BCUT2D eigenvalue weighted by atomic mass is 79.9. The monoisotopic (exact) mass is 417 g/mol. The Morgan fingerprint density at radius 2 is 1.71 bits per heavy atom. The van der Waals surface area contributed by atoms with Crippen molar-refractivity contribution >= 4 is 54.8 Å². The van der Waals surface area contributed by atoms with Gasteiger partial charge < -0.3 is 0 Å². The first-order chi connectivity index (χ1) is 9.72. The molecule has 1 aromatic carbocycles. The van der Waals surface area contributed by atoms with Crippen molar-refractivity contribution < 1.29 is 17.2 Å². The van der Waals surface area contributed by atoms with Crippen LogP contribution in [0.5, 0.6) is 0 Å². The summed E-state index contributed by atoms with van der Waals surface area (Å²) in [6.45, 7) is 0. The fourth-order valence-electron chi connectivity index (χ4n) is 1.40. The molecule has 0 unspecified atom stereocenters. The SMILES string of the molecule is O=S(=O)(Nc1c(Cl)ncnc1Cl)c1c(F)cc(F)cc1Br. The van der Waals surface area contributed by atoms with Crippen LogP contribution in [0.2, 0.25) is 10.3 Å². The first kappa shape index (κ1) is 16.3. The van der Waals surface area contributed by atoms with Gasteiger partial charge in [0.25, 0.3) is 10.0 Å². The van der Waals surface area contributed by atoms with Crippen molar-refractivity contribution in [2.24, 2.45) is 0 Å². The fraction of sp³-hybridized carbons (Fsp3) is 0. The minimum atomic E-state index is -4.42. The quantitative estimate of drug-likeness (QED) is 0.772. The fourth-order valence-corrected chi connectivity index (χ4v) is 4.16. The molecule has 1 N–H and O–H groups in total. The molecule has 0 bridgehead atoms. The summed E-state index contributed by atoms with van der Waals surface area (Å²) >= 11 is 14.2. The molecule has 0 aliphatic heterocycles. The van der Waals surface area contributed by atoms with Crippen LogP contribution >= 0.6 is 39.1 Å². The summed E-state index contributed by atoms with van der Waals surface area (Å²) in [4.78, 5) is 6.32. The minimum Gasteiger partial charge on any atom is -0.273 e. The maximum atomic E-state index is 13.7. The number of rotatable bonds is 3. The minimum absolute atomic E-state index is 0.266. The van der Waals surface area contributed by atoms with Gasteiger partial charge in [-0.05, 0) is 22.0 Å². The Hall–Kier alpha value is -1.03. The lowest BCUT2D eigenvalue weighted by atomic mass is 10.3. The zero-order chi connectivity index (χ0) is 15.8. The van der Waals surface area contributed by atoms with Crippen LogP contribution in [0, 0.1) is 11.6 Å². The summed E-state index contributed by atoms with van der Waals surface area (Å²) in [6.07, 6.45) is 1.02. The third-order valence-electron chi connectivity index (χ3n) is 2.22. The van der Waals surface area contributed by atoms with Gasteiger partial charge in [0.15, 0.2) is 10.3 Å². The molecule has 21 heavy (non-hydrogen) atoms. The first-order valence-electron chi connectivity index (χ1n) is 5.05. The summed E-state index contributed by atoms with van der Waals surface area (Å²) in [5.41, 5.74) is -0.309. The standard InChI is InChI=1S/C10H4BrCl2F2N3O2S/c11-5-1-4(14)2-6(15)8(5)21(19,20)18-7-9(12)16-3-17-10(7)13/h1-3,18H. The van der Waals surface area contributed by atoms with Crippen LogP contribution in [0.4, 0.5) is 14.5 Å². The molecule has 0 spiro atoms. The molecule has 2 aromatic rings. The molecule has 0 saturated heterocycles. The normalized spacial score (nSPS) is 11.5. The largest absolute Gasteiger partial charge is 0.273 e. The van der Waals surface area contributed by atoms with Crippen molar-refractivity contribution in [2.75, 3.05) is 4.72 Å². The van der Waals surface area contributed by atoms with E-state index in [2.05, 4.69) is 25.9 Å². The summed E-state index contributed by atoms with van der Waals surface area (Å²) in [5, 5.41) is -0.533. The maximum absolute atomic E-state index is 13.7. The van der Waals surface area contributed by atoms with E-state index in [0.29, 0.717) is 6.07 Å². The average molecular weight is 419 g/mol. The number of hydrogen-bond acceptors (Lipinski definition) is 4. The molecule has 0 aliphatic rings. The van der Waals surface area contributed by atoms with Crippen molar-refractivity contribution in [3.63, 3.8) is 0 Å². The van der Waals surface area contributed by atoms with Crippen LogP contribution in [-0.2, 0) is 10.0 Å². The molecule has 1 aromatic heterocycles. The molecular weight excluding hydrogens is 415 g/mol. The van der Waals surface area contributed by atoms with Crippen molar-refractivity contribution in [2.45, 2.75) is 4.90 Å². The molecular formula is C10H4BrCl2F2N3O2S. The highest BCUT2D eigenvalue weighted by molar-refractivity contribution is 9.10. The second-order valence-electron chi connectivity index (χ2n) is 3.63. The third-order valence-corrected chi connectivity index (χ3v) is 5.11. The van der Waals surface area contributed by atoms with Crippen molar-refractivity contribution in [3.8, 4) is 0 Å². The highest BCUT2D eigenvalue weighted by Gasteiger charge is 2.26. The van der Waals surface area contributed by atoms with Gasteiger partial charge in [0.2, 0.25) is 0 Å². The van der Waals surface area contributed by atoms with Crippen LogP contribution in [0.1, 0.15) is 0 Å². The van der Waals surface area contributed by atoms with Crippen LogP contribution in [0.3, 0.4) is 0 Å². The van der Waals surface area contributed by atoms with Crippen molar-refractivity contribution in [1.29, 1.82) is 0 Å². The predicted molar refractivity (Wildman–Crippen MR) is 76.9 cm³/mol. The number of sulfonamides is 1. The van der Waals surface area contributed by atoms with Gasteiger partial charge in [-0.2, -0.15) is 0 Å². The maximum Gasteiger partial charge on any atom is 0.266 e. The Morgan fingerprint density at radius 3 is 2.24 bits per heavy atom. The summed E-state index contributed by atoms with van der Waals surface area (Å²) in [5.74, 6) is -2.21. The van der Waals surface area contributed by atoms with Gasteiger partial charge in [0.1, 0.15) is 28.5 Å². The Kier molecular flexibility index (Phi) is 4.66. The second-order valence-corrected chi connectivity index (χ2v) is 6.82. The Labute approximate surface area is 136 Å². The molecule has 112 valence electrons. The van der Waals surface area contributed by atoms with Gasteiger partial charge >= 0.3 is 0 Å². The highest BCUT2D eigenvalue weighted by Crippen LogP contribution is 2.32. The summed E-state index contributed by atoms with van der Waals surface area (Å²) in [6, 6.07) is 1.24. The van der Waals surface area contributed by atoms with Gasteiger partial charge in [0.05, 0.1) is 0 Å². The molecule has 0 atom stereocenters. The molecule has 0 amide bonds. The van der Waals surface area contributed by atoms with E-state index in [0.717, 1.165) is 12.4 Å². The van der Waals surface area contributed by atoms with Crippen LogP contribution in [-0.4, -0.2) is 18.4 Å². The number of halogens is 5. The number of benzene rings is 1. The van der Waals surface area contributed by atoms with E-state index in [1.165, 1.54) is 0 Å². The topological polar surface area (TPSA) is 72.0 Å². The molecule has 0 aliphatic carbocycles. The molecule has 5 nitrogen and oxygen atoms in total. The average Bonchev–Trinajstić information content (AvgIpc) is 2.32. The van der Waals surface area contributed by atoms with Gasteiger partial charge in [-0.1, -0.05) is 23.2 Å². The first-order valence-corrected chi connectivity index (χ1v) is 8.09. The van der Waals surface area contributed by atoms with Gasteiger partial charge in [-0.15, -0.1) is 0 Å². The summed E-state index contributed by atoms with van der Waals surface area (Å²) < 4.78 is 52.8. The smallest absolute Gasteiger partial charge is 0.266 e. The lowest BCUT2D eigenvalue weighted by molar-refractivity contribution is 0.548. The summed E-state index contributed by atoms with van der Waals surface area (Å²) in [7, 11) is -4.42. The molecule has 0 radical (unpaired) electrons. The van der Waals surface area contributed by atoms with Gasteiger partial charge in [-0.25, -0.2) is 27.2 Å². The molecule has 0 fully saturated rings. The van der Waals surface area contributed by atoms with E-state index in [1.54, 1.807) is 0 Å². The van der Waals surface area contributed by atoms with E-state index in [9.17, 15) is 17.2 Å². The molecule has 2 rings (SSSR count). The van der Waals surface area contributed by atoms with Gasteiger partial charge in [0, 0.05) is 10.5 Å². The van der Waals surface area contributed by atoms with Crippen LogP contribution in [0.25, 0.3) is 0 Å². The van der Waals surface area contributed by atoms with Gasteiger partial charge in [-0.3, -0.25) is 4.72 Å². The second kappa shape index (κ2) is 5.99. The third kappa shape index (κ3) is 3.42. The Bertz CT molecular complexity index is 777. The molecule has 1 heterocycles.